The molecule has 0 spiro atoms. The quantitative estimate of drug-likeness (QED) is 0.580. The lowest BCUT2D eigenvalue weighted by Crippen LogP contribution is -2.42. The van der Waals surface area contributed by atoms with Crippen molar-refractivity contribution in [3.8, 4) is 11.1 Å². The van der Waals surface area contributed by atoms with Crippen molar-refractivity contribution < 1.29 is 14.4 Å². The molecular weight excluding hydrogens is 416 g/mol. The second-order valence-corrected chi connectivity index (χ2v) is 7.57. The number of rotatable bonds is 6. The number of nitrogens with one attached hydrogen (secondary N) is 2. The Morgan fingerprint density at radius 3 is 2.52 bits per heavy atom. The fraction of sp³-hybridized carbons (Fsp3) is 0.130. The maximum Gasteiger partial charge on any atom is 0.321 e. The lowest BCUT2D eigenvalue weighted by Gasteiger charge is -2.25. The highest BCUT2D eigenvalue weighted by molar-refractivity contribution is 6.31. The smallest absolute Gasteiger partial charge is 0.321 e. The number of fused-ring (bicyclic) bond motifs is 1. The number of pyridine rings is 1. The van der Waals surface area contributed by atoms with Crippen LogP contribution in [0, 0.1) is 0 Å². The van der Waals surface area contributed by atoms with Crippen molar-refractivity contribution in [1.82, 2.24) is 20.5 Å². The number of halogens is 1. The van der Waals surface area contributed by atoms with Gasteiger partial charge >= 0.3 is 6.03 Å². The maximum atomic E-state index is 12.8. The van der Waals surface area contributed by atoms with E-state index >= 15 is 0 Å². The molecule has 8 heteroatoms. The zero-order valence-corrected chi connectivity index (χ0v) is 17.2. The Balaban J connectivity index is 1.57. The monoisotopic (exact) mass is 434 g/mol. The molecule has 0 unspecified atom stereocenters. The van der Waals surface area contributed by atoms with E-state index in [1.54, 1.807) is 29.4 Å². The molecule has 0 fully saturated rings. The Morgan fingerprint density at radius 1 is 1.10 bits per heavy atom. The lowest BCUT2D eigenvalue weighted by atomic mass is 10.0. The number of hydrogen-bond acceptors (Lipinski definition) is 4. The van der Waals surface area contributed by atoms with Crippen molar-refractivity contribution in [3.05, 3.63) is 88.7 Å². The fourth-order valence-corrected chi connectivity index (χ4v) is 3.81. The van der Waals surface area contributed by atoms with Gasteiger partial charge in [-0.05, 0) is 46.5 Å². The molecule has 2 N–H and O–H groups in total. The number of urea groups is 1. The average molecular weight is 435 g/mol. The first-order chi connectivity index (χ1) is 15.0. The standard InChI is InChI=1S/C23H19ClN4O3/c24-19-6-5-18-12-28(22(30)20(18)11-19)13-21(27-23(31)26-14-29)17-3-1-15(2-4-17)16-7-9-25-10-8-16/h1-11,14,21H,12-13H2,(H2,26,27,29,31)/t21-/m0/s1. The first-order valence-electron chi connectivity index (χ1n) is 9.64. The molecule has 1 aliphatic heterocycles. The number of aromatic nitrogens is 1. The summed E-state index contributed by atoms with van der Waals surface area (Å²) in [6.07, 6.45) is 3.76. The van der Waals surface area contributed by atoms with Crippen LogP contribution in [0.1, 0.15) is 27.5 Å². The first-order valence-corrected chi connectivity index (χ1v) is 10.0. The number of imide groups is 1. The first kappa shape index (κ1) is 20.6. The summed E-state index contributed by atoms with van der Waals surface area (Å²) in [5.41, 5.74) is 4.28. The van der Waals surface area contributed by atoms with Crippen LogP contribution in [0.25, 0.3) is 11.1 Å². The van der Waals surface area contributed by atoms with Crippen LogP contribution in [0.15, 0.2) is 67.0 Å². The van der Waals surface area contributed by atoms with Crippen molar-refractivity contribution in [1.29, 1.82) is 0 Å². The summed E-state index contributed by atoms with van der Waals surface area (Å²) in [7, 11) is 0. The van der Waals surface area contributed by atoms with Crippen molar-refractivity contribution in [2.24, 2.45) is 0 Å². The summed E-state index contributed by atoms with van der Waals surface area (Å²) in [6, 6.07) is 15.6. The summed E-state index contributed by atoms with van der Waals surface area (Å²) in [5, 5.41) is 5.35. The molecule has 1 aliphatic rings. The van der Waals surface area contributed by atoms with Gasteiger partial charge in [-0.2, -0.15) is 0 Å². The number of amides is 4. The van der Waals surface area contributed by atoms with Crippen LogP contribution in [0.4, 0.5) is 4.79 Å². The molecule has 156 valence electrons. The Kier molecular flexibility index (Phi) is 5.95. The molecule has 4 amide bonds. The zero-order chi connectivity index (χ0) is 21.8. The van der Waals surface area contributed by atoms with Gasteiger partial charge < -0.3 is 10.2 Å². The Bertz CT molecular complexity index is 1120. The van der Waals surface area contributed by atoms with Crippen molar-refractivity contribution in [2.45, 2.75) is 12.6 Å². The van der Waals surface area contributed by atoms with Crippen LogP contribution in [0.3, 0.4) is 0 Å². The third-order valence-corrected chi connectivity index (χ3v) is 5.41. The van der Waals surface area contributed by atoms with Crippen LogP contribution in [0.2, 0.25) is 5.02 Å². The van der Waals surface area contributed by atoms with E-state index in [4.69, 9.17) is 11.6 Å². The highest BCUT2D eigenvalue weighted by Gasteiger charge is 2.30. The molecule has 7 nitrogen and oxygen atoms in total. The number of nitrogens with zero attached hydrogens (tertiary/aromatic N) is 2. The third kappa shape index (κ3) is 4.57. The lowest BCUT2D eigenvalue weighted by molar-refractivity contribution is -0.108. The van der Waals surface area contributed by atoms with E-state index in [-0.39, 0.29) is 12.5 Å². The summed E-state index contributed by atoms with van der Waals surface area (Å²) in [6.45, 7) is 0.667. The third-order valence-electron chi connectivity index (χ3n) is 5.18. The molecule has 31 heavy (non-hydrogen) atoms. The normalized spacial score (nSPS) is 13.5. The molecule has 0 saturated carbocycles. The van der Waals surface area contributed by atoms with Gasteiger partial charge in [0.15, 0.2) is 0 Å². The predicted molar refractivity (Wildman–Crippen MR) is 116 cm³/mol. The second kappa shape index (κ2) is 8.97. The van der Waals surface area contributed by atoms with Gasteiger partial charge in [0.2, 0.25) is 6.41 Å². The fourth-order valence-electron chi connectivity index (χ4n) is 3.64. The van der Waals surface area contributed by atoms with Gasteiger partial charge in [-0.1, -0.05) is 41.9 Å². The molecule has 2 heterocycles. The maximum absolute atomic E-state index is 12.8. The molecule has 2 aromatic carbocycles. The minimum atomic E-state index is -0.634. The molecule has 1 atom stereocenters. The van der Waals surface area contributed by atoms with E-state index in [1.807, 2.05) is 42.5 Å². The van der Waals surface area contributed by atoms with Crippen LogP contribution < -0.4 is 10.6 Å². The number of hydrogen-bond donors (Lipinski definition) is 2. The number of carbonyl (C=O) groups is 3. The van der Waals surface area contributed by atoms with E-state index in [2.05, 4.69) is 15.6 Å². The minimum absolute atomic E-state index is 0.145. The predicted octanol–water partition coefficient (Wildman–Crippen LogP) is 3.55. The second-order valence-electron chi connectivity index (χ2n) is 7.13. The van der Waals surface area contributed by atoms with Crippen molar-refractivity contribution in [3.63, 3.8) is 0 Å². The van der Waals surface area contributed by atoms with Gasteiger partial charge in [0.1, 0.15) is 0 Å². The van der Waals surface area contributed by atoms with Crippen LogP contribution in [-0.4, -0.2) is 34.8 Å². The van der Waals surface area contributed by atoms with Crippen LogP contribution in [0.5, 0.6) is 0 Å². The summed E-state index contributed by atoms with van der Waals surface area (Å²) in [4.78, 5) is 41.2. The minimum Gasteiger partial charge on any atom is -0.332 e. The molecule has 0 aliphatic carbocycles. The average Bonchev–Trinajstić information content (AvgIpc) is 3.09. The molecule has 4 rings (SSSR count). The Hall–Kier alpha value is -3.71. The molecule has 1 aromatic heterocycles. The SMILES string of the molecule is O=CNC(=O)N[C@@H](CN1Cc2ccc(Cl)cc2C1=O)c1ccc(-c2ccncc2)cc1. The highest BCUT2D eigenvalue weighted by atomic mass is 35.5. The topological polar surface area (TPSA) is 91.4 Å². The Labute approximate surface area is 184 Å². The van der Waals surface area contributed by atoms with Crippen LogP contribution >= 0.6 is 11.6 Å². The van der Waals surface area contributed by atoms with E-state index < -0.39 is 12.1 Å². The van der Waals surface area contributed by atoms with Crippen molar-refractivity contribution >= 4 is 29.9 Å². The van der Waals surface area contributed by atoms with E-state index in [0.29, 0.717) is 23.5 Å². The van der Waals surface area contributed by atoms with Crippen molar-refractivity contribution in [2.75, 3.05) is 6.54 Å². The van der Waals surface area contributed by atoms with Gasteiger partial charge in [0.25, 0.3) is 5.91 Å². The van der Waals surface area contributed by atoms with Crippen LogP contribution in [-0.2, 0) is 11.3 Å². The molecule has 0 radical (unpaired) electrons. The molecule has 3 aromatic rings. The summed E-state index contributed by atoms with van der Waals surface area (Å²) < 4.78 is 0. The van der Waals surface area contributed by atoms with Gasteiger partial charge in [0.05, 0.1) is 6.04 Å². The number of benzene rings is 2. The summed E-state index contributed by atoms with van der Waals surface area (Å²) >= 11 is 6.03. The van der Waals surface area contributed by atoms with E-state index in [9.17, 15) is 14.4 Å². The van der Waals surface area contributed by atoms with Gasteiger partial charge in [-0.3, -0.25) is 19.9 Å². The van der Waals surface area contributed by atoms with E-state index in [0.717, 1.165) is 22.3 Å². The highest BCUT2D eigenvalue weighted by Crippen LogP contribution is 2.28. The molecular formula is C23H19ClN4O3. The van der Waals surface area contributed by atoms with E-state index in [1.165, 1.54) is 0 Å². The van der Waals surface area contributed by atoms with Gasteiger partial charge in [-0.15, -0.1) is 0 Å². The zero-order valence-electron chi connectivity index (χ0n) is 16.4. The number of carbonyl (C=O) groups excluding carboxylic acids is 3. The van der Waals surface area contributed by atoms with Gasteiger partial charge in [-0.25, -0.2) is 4.79 Å². The molecule has 0 bridgehead atoms. The summed E-state index contributed by atoms with van der Waals surface area (Å²) in [5.74, 6) is -0.145. The largest absolute Gasteiger partial charge is 0.332 e. The van der Waals surface area contributed by atoms with Gasteiger partial charge in [0, 0.05) is 36.1 Å². The molecule has 0 saturated heterocycles. The Morgan fingerprint density at radius 2 is 1.81 bits per heavy atom.